The molecule has 106 valence electrons. The lowest BCUT2D eigenvalue weighted by Crippen LogP contribution is -2.52. The van der Waals surface area contributed by atoms with Crippen molar-refractivity contribution in [2.75, 3.05) is 19.0 Å². The maximum atomic E-state index is 11.3. The van der Waals surface area contributed by atoms with Crippen molar-refractivity contribution in [2.45, 2.75) is 56.9 Å². The number of unbranched alkanes of at least 4 members (excludes halogenated alkanes) is 1. The van der Waals surface area contributed by atoms with Gasteiger partial charge in [0.25, 0.3) is 0 Å². The second-order valence-corrected chi connectivity index (χ2v) is 6.83. The Morgan fingerprint density at radius 3 is 2.61 bits per heavy atom. The van der Waals surface area contributed by atoms with Crippen LogP contribution in [-0.4, -0.2) is 46.9 Å². The van der Waals surface area contributed by atoms with Crippen LogP contribution in [0.1, 0.15) is 40.0 Å². The summed E-state index contributed by atoms with van der Waals surface area (Å²) in [4.78, 5) is 11.3. The van der Waals surface area contributed by atoms with Gasteiger partial charge in [0.05, 0.1) is 18.5 Å². The molecule has 0 radical (unpaired) electrons. The number of aliphatic carboxylic acids is 1. The van der Waals surface area contributed by atoms with Gasteiger partial charge in [0.2, 0.25) is 0 Å². The highest BCUT2D eigenvalue weighted by Gasteiger charge is 2.32. The van der Waals surface area contributed by atoms with Crippen LogP contribution in [0.3, 0.4) is 0 Å². The van der Waals surface area contributed by atoms with E-state index in [0.717, 1.165) is 31.8 Å². The van der Waals surface area contributed by atoms with Gasteiger partial charge >= 0.3 is 5.97 Å². The molecule has 1 unspecified atom stereocenters. The summed E-state index contributed by atoms with van der Waals surface area (Å²) in [5.41, 5.74) is -0.793. The molecule has 0 aromatic carbocycles. The Morgan fingerprint density at radius 2 is 2.17 bits per heavy atom. The number of carbonyl (C=O) groups is 1. The minimum Gasteiger partial charge on any atom is -0.480 e. The largest absolute Gasteiger partial charge is 0.480 e. The average Bonchev–Trinajstić information content (AvgIpc) is 2.19. The molecule has 1 aliphatic heterocycles. The van der Waals surface area contributed by atoms with Crippen LogP contribution in [0.5, 0.6) is 0 Å². The highest BCUT2D eigenvalue weighted by Crippen LogP contribution is 2.22. The van der Waals surface area contributed by atoms with Crippen LogP contribution >= 0.6 is 11.8 Å². The monoisotopic (exact) mass is 275 g/mol. The number of rotatable bonds is 9. The van der Waals surface area contributed by atoms with Gasteiger partial charge in [-0.15, -0.1) is 0 Å². The van der Waals surface area contributed by atoms with E-state index in [0.29, 0.717) is 11.7 Å². The van der Waals surface area contributed by atoms with Crippen molar-refractivity contribution in [3.05, 3.63) is 0 Å². The lowest BCUT2D eigenvalue weighted by molar-refractivity contribution is -0.144. The molecule has 18 heavy (non-hydrogen) atoms. The zero-order valence-corrected chi connectivity index (χ0v) is 12.4. The molecular formula is C13H25NO3S. The summed E-state index contributed by atoms with van der Waals surface area (Å²) < 4.78 is 5.11. The summed E-state index contributed by atoms with van der Waals surface area (Å²) in [6, 6.07) is 0.188. The molecule has 0 aliphatic carbocycles. The molecule has 1 saturated heterocycles. The molecule has 1 heterocycles. The molecule has 0 aromatic rings. The van der Waals surface area contributed by atoms with Crippen LogP contribution in [-0.2, 0) is 9.53 Å². The smallest absolute Gasteiger partial charge is 0.323 e. The predicted octanol–water partition coefficient (Wildman–Crippen LogP) is 2.13. The van der Waals surface area contributed by atoms with Crippen molar-refractivity contribution in [2.24, 2.45) is 0 Å². The number of hydrogen-bond donors (Lipinski definition) is 2. The topological polar surface area (TPSA) is 58.6 Å². The fourth-order valence-electron chi connectivity index (χ4n) is 2.02. The Balaban J connectivity index is 2.18. The Hall–Kier alpha value is -0.260. The van der Waals surface area contributed by atoms with Crippen LogP contribution < -0.4 is 5.32 Å². The van der Waals surface area contributed by atoms with Gasteiger partial charge < -0.3 is 9.84 Å². The van der Waals surface area contributed by atoms with Crippen LogP contribution in [0.15, 0.2) is 0 Å². The third-order valence-electron chi connectivity index (χ3n) is 3.11. The fraction of sp³-hybridized carbons (Fsp3) is 0.923. The number of thioether (sulfide) groups is 1. The quantitative estimate of drug-likeness (QED) is 0.631. The van der Waals surface area contributed by atoms with E-state index in [1.54, 1.807) is 6.92 Å². The molecule has 1 aliphatic rings. The van der Waals surface area contributed by atoms with Crippen molar-refractivity contribution < 1.29 is 14.6 Å². The number of carboxylic acid groups (broad SMARTS) is 1. The summed E-state index contributed by atoms with van der Waals surface area (Å²) in [6.07, 6.45) is 2.70. The van der Waals surface area contributed by atoms with Crippen molar-refractivity contribution in [1.82, 2.24) is 5.32 Å². The first-order valence-electron chi connectivity index (χ1n) is 6.64. The number of ether oxygens (including phenoxy) is 1. The number of nitrogens with one attached hydrogen (secondary N) is 1. The Kier molecular flexibility index (Phi) is 6.46. The first-order valence-corrected chi connectivity index (χ1v) is 7.69. The molecule has 5 heteroatoms. The van der Waals surface area contributed by atoms with Crippen molar-refractivity contribution in [3.63, 3.8) is 0 Å². The minimum absolute atomic E-state index is 0.188. The van der Waals surface area contributed by atoms with E-state index in [9.17, 15) is 9.90 Å². The Bertz CT molecular complexity index is 269. The second-order valence-electron chi connectivity index (χ2n) is 5.42. The van der Waals surface area contributed by atoms with Gasteiger partial charge in [-0.2, -0.15) is 11.8 Å². The van der Waals surface area contributed by atoms with Gasteiger partial charge in [-0.05, 0) is 39.4 Å². The Labute approximate surface area is 114 Å². The molecule has 0 bridgehead atoms. The molecule has 0 spiro atoms. The Morgan fingerprint density at radius 1 is 1.50 bits per heavy atom. The third-order valence-corrected chi connectivity index (χ3v) is 4.38. The molecule has 0 amide bonds. The van der Waals surface area contributed by atoms with Gasteiger partial charge in [-0.1, -0.05) is 6.42 Å². The molecular weight excluding hydrogens is 250 g/mol. The highest BCUT2D eigenvalue weighted by molar-refractivity contribution is 8.00. The molecule has 2 N–H and O–H groups in total. The van der Waals surface area contributed by atoms with Gasteiger partial charge in [0.15, 0.2) is 0 Å². The van der Waals surface area contributed by atoms with Gasteiger partial charge in [-0.3, -0.25) is 10.1 Å². The lowest BCUT2D eigenvalue weighted by Gasteiger charge is -2.29. The summed E-state index contributed by atoms with van der Waals surface area (Å²) in [5, 5.41) is 13.1. The first kappa shape index (κ1) is 15.8. The lowest BCUT2D eigenvalue weighted by atomic mass is 9.94. The maximum Gasteiger partial charge on any atom is 0.323 e. The maximum absolute atomic E-state index is 11.3. The molecule has 0 saturated carbocycles. The van der Waals surface area contributed by atoms with E-state index >= 15 is 0 Å². The van der Waals surface area contributed by atoms with Crippen LogP contribution in [0.4, 0.5) is 0 Å². The van der Waals surface area contributed by atoms with E-state index in [-0.39, 0.29) is 6.04 Å². The average molecular weight is 275 g/mol. The van der Waals surface area contributed by atoms with E-state index in [2.05, 4.69) is 5.32 Å². The van der Waals surface area contributed by atoms with Crippen molar-refractivity contribution >= 4 is 17.7 Å². The van der Waals surface area contributed by atoms with Crippen molar-refractivity contribution in [1.29, 1.82) is 0 Å². The summed E-state index contributed by atoms with van der Waals surface area (Å²) >= 11 is 1.94. The molecule has 1 atom stereocenters. The first-order chi connectivity index (χ1) is 8.44. The zero-order chi connectivity index (χ0) is 13.6. The highest BCUT2D eigenvalue weighted by atomic mass is 32.2. The number of hydrogen-bond acceptors (Lipinski definition) is 4. The molecule has 1 rings (SSSR count). The van der Waals surface area contributed by atoms with E-state index in [1.807, 2.05) is 25.6 Å². The van der Waals surface area contributed by atoms with E-state index in [4.69, 9.17) is 4.74 Å². The van der Waals surface area contributed by atoms with E-state index in [1.165, 1.54) is 0 Å². The van der Waals surface area contributed by atoms with Gasteiger partial charge in [0, 0.05) is 6.04 Å². The molecule has 4 nitrogen and oxygen atoms in total. The fourth-order valence-corrected chi connectivity index (χ4v) is 3.11. The summed E-state index contributed by atoms with van der Waals surface area (Å²) in [7, 11) is 0. The van der Waals surface area contributed by atoms with Crippen LogP contribution in [0, 0.1) is 0 Å². The van der Waals surface area contributed by atoms with E-state index < -0.39 is 11.5 Å². The molecule has 0 aromatic heterocycles. The predicted molar refractivity (Wildman–Crippen MR) is 75.2 cm³/mol. The second kappa shape index (κ2) is 7.36. The van der Waals surface area contributed by atoms with Crippen LogP contribution in [0.25, 0.3) is 0 Å². The van der Waals surface area contributed by atoms with Crippen molar-refractivity contribution in [3.8, 4) is 0 Å². The number of carboxylic acids is 1. The zero-order valence-electron chi connectivity index (χ0n) is 11.6. The summed E-state index contributed by atoms with van der Waals surface area (Å²) in [6.45, 7) is 7.50. The molecule has 1 fully saturated rings. The van der Waals surface area contributed by atoms with Gasteiger partial charge in [-0.25, -0.2) is 0 Å². The SMILES string of the molecule is CC(C)NC(C)(CCCCSC1COC1)C(=O)O. The summed E-state index contributed by atoms with van der Waals surface area (Å²) in [5.74, 6) is 0.349. The third kappa shape index (κ3) is 5.16. The van der Waals surface area contributed by atoms with Gasteiger partial charge in [0.1, 0.15) is 5.54 Å². The normalized spacial score (nSPS) is 19.6. The minimum atomic E-state index is -0.793. The standard InChI is InChI=1S/C13H25NO3S/c1-10(2)14-13(3,12(15)16)6-4-5-7-18-11-8-17-9-11/h10-11,14H,4-9H2,1-3H3,(H,15,16). The van der Waals surface area contributed by atoms with Crippen LogP contribution in [0.2, 0.25) is 0 Å².